The van der Waals surface area contributed by atoms with Crippen LogP contribution in [0.5, 0.6) is 5.88 Å². The largest absolute Gasteiger partial charge is 0.480 e. The molecule has 8 nitrogen and oxygen atoms in total. The summed E-state index contributed by atoms with van der Waals surface area (Å²) in [6.07, 6.45) is -5.44. The molecule has 3 heterocycles. The number of nitrogens with one attached hydrogen (secondary N) is 1. The maximum atomic E-state index is 14.1. The number of aromatic nitrogens is 2. The summed E-state index contributed by atoms with van der Waals surface area (Å²) in [5, 5.41) is 12.3. The summed E-state index contributed by atoms with van der Waals surface area (Å²) in [5.74, 6) is -2.93. The van der Waals surface area contributed by atoms with Gasteiger partial charge in [-0.3, -0.25) is 4.79 Å². The Labute approximate surface area is 226 Å². The fourth-order valence-electron chi connectivity index (χ4n) is 5.38. The van der Waals surface area contributed by atoms with Crippen LogP contribution in [0.1, 0.15) is 30.9 Å². The Kier molecular flexibility index (Phi) is 7.25. The number of hydrogen-bond acceptors (Lipinski definition) is 7. The number of hydrogen-bond donors (Lipinski definition) is 3. The Balaban J connectivity index is 1.34. The molecular formula is C27H26F5N5O3. The number of carbonyl (C=O) groups is 1. The van der Waals surface area contributed by atoms with Crippen molar-refractivity contribution in [3.8, 4) is 17.0 Å². The van der Waals surface area contributed by atoms with Gasteiger partial charge in [-0.25, -0.2) is 8.78 Å². The molecule has 2 aliphatic heterocycles. The van der Waals surface area contributed by atoms with E-state index in [0.717, 1.165) is 24.3 Å². The van der Waals surface area contributed by atoms with E-state index in [2.05, 4.69) is 15.3 Å². The van der Waals surface area contributed by atoms with Crippen LogP contribution in [0.25, 0.3) is 11.1 Å². The molecule has 0 unspecified atom stereocenters. The highest BCUT2D eigenvalue weighted by Gasteiger charge is 2.45. The van der Waals surface area contributed by atoms with Crippen LogP contribution in [0, 0.1) is 17.0 Å². The van der Waals surface area contributed by atoms with E-state index in [-0.39, 0.29) is 33.9 Å². The smallest absolute Gasteiger partial charge is 0.429 e. The molecule has 40 heavy (non-hydrogen) atoms. The van der Waals surface area contributed by atoms with Crippen LogP contribution in [-0.4, -0.2) is 52.9 Å². The van der Waals surface area contributed by atoms with Crippen LogP contribution in [-0.2, 0) is 4.79 Å². The molecular weight excluding hydrogens is 537 g/mol. The van der Waals surface area contributed by atoms with E-state index < -0.39 is 35.9 Å². The van der Waals surface area contributed by atoms with Gasteiger partial charge >= 0.3 is 12.1 Å². The first-order chi connectivity index (χ1) is 18.9. The molecule has 0 bridgehead atoms. The molecule has 2 fully saturated rings. The SMILES string of the molecule is Nc1nc(O[C@H](c2ccc(-c3c(F)cccc3F)cc2)C(F)(F)F)cc(N2CCC3(CC2)CN[C@H](C(=O)O)C3)n1. The standard InChI is InChI=1S/C27H26F5N5O3/c28-17-2-1-3-18(29)22(17)15-4-6-16(7-5-15)23(27(30,31)32)40-21-12-20(35-25(33)36-21)37-10-8-26(9-11-37)13-19(24(38)39)34-14-26/h1-7,12,19,23,34H,8-11,13-14H2,(H,38,39)(H2,33,35,36)/t19-,23+/m0/s1. The lowest BCUT2D eigenvalue weighted by Gasteiger charge is -2.39. The van der Waals surface area contributed by atoms with Crippen LogP contribution < -0.4 is 20.7 Å². The van der Waals surface area contributed by atoms with Crippen molar-refractivity contribution in [1.29, 1.82) is 0 Å². The molecule has 2 atom stereocenters. The Morgan fingerprint density at radius 1 is 1.10 bits per heavy atom. The second-order valence-corrected chi connectivity index (χ2v) is 10.1. The topological polar surface area (TPSA) is 114 Å². The first-order valence-electron chi connectivity index (χ1n) is 12.6. The zero-order chi connectivity index (χ0) is 28.7. The summed E-state index contributed by atoms with van der Waals surface area (Å²) in [6.45, 7) is 1.58. The van der Waals surface area contributed by atoms with E-state index >= 15 is 0 Å². The third-order valence-corrected chi connectivity index (χ3v) is 7.51. The molecule has 0 amide bonds. The number of carboxylic acids is 1. The van der Waals surface area contributed by atoms with E-state index in [1.165, 1.54) is 24.3 Å². The summed E-state index contributed by atoms with van der Waals surface area (Å²) in [5.41, 5.74) is 5.07. The van der Waals surface area contributed by atoms with E-state index in [4.69, 9.17) is 10.5 Å². The van der Waals surface area contributed by atoms with Crippen LogP contribution in [0.4, 0.5) is 33.7 Å². The van der Waals surface area contributed by atoms with Crippen molar-refractivity contribution in [3.05, 3.63) is 65.7 Å². The quantitative estimate of drug-likeness (QED) is 0.370. The van der Waals surface area contributed by atoms with Crippen molar-refractivity contribution < 1.29 is 36.6 Å². The summed E-state index contributed by atoms with van der Waals surface area (Å²) >= 11 is 0. The highest BCUT2D eigenvalue weighted by molar-refractivity contribution is 5.74. The number of rotatable bonds is 6. The van der Waals surface area contributed by atoms with Gasteiger partial charge in [0.1, 0.15) is 23.5 Å². The van der Waals surface area contributed by atoms with Gasteiger partial charge in [-0.15, -0.1) is 0 Å². The molecule has 0 aliphatic carbocycles. The van der Waals surface area contributed by atoms with E-state index in [9.17, 15) is 31.9 Å². The minimum atomic E-state index is -4.85. The van der Waals surface area contributed by atoms with E-state index in [0.29, 0.717) is 44.7 Å². The van der Waals surface area contributed by atoms with Crippen molar-refractivity contribution in [3.63, 3.8) is 0 Å². The van der Waals surface area contributed by atoms with Gasteiger partial charge in [0.15, 0.2) is 0 Å². The Hall–Kier alpha value is -4.00. The average Bonchev–Trinajstić information content (AvgIpc) is 3.31. The molecule has 2 aliphatic rings. The molecule has 2 saturated heterocycles. The van der Waals surface area contributed by atoms with E-state index in [1.807, 2.05) is 4.90 Å². The van der Waals surface area contributed by atoms with Gasteiger partial charge in [0, 0.05) is 31.3 Å². The maximum Gasteiger partial charge on any atom is 0.429 e. The Morgan fingerprint density at radius 3 is 2.33 bits per heavy atom. The molecule has 212 valence electrons. The van der Waals surface area contributed by atoms with Crippen LogP contribution in [0.15, 0.2) is 48.5 Å². The van der Waals surface area contributed by atoms with Gasteiger partial charge in [-0.2, -0.15) is 23.1 Å². The number of piperidine rings is 1. The van der Waals surface area contributed by atoms with Crippen molar-refractivity contribution in [1.82, 2.24) is 15.3 Å². The fraction of sp³-hybridized carbons (Fsp3) is 0.370. The number of aliphatic carboxylic acids is 1. The number of ether oxygens (including phenoxy) is 1. The lowest BCUT2D eigenvalue weighted by Crippen LogP contribution is -2.41. The van der Waals surface area contributed by atoms with Crippen LogP contribution in [0.3, 0.4) is 0 Å². The van der Waals surface area contributed by atoms with Crippen molar-refractivity contribution in [2.24, 2.45) is 5.41 Å². The molecule has 2 aromatic carbocycles. The third kappa shape index (κ3) is 5.64. The predicted molar refractivity (Wildman–Crippen MR) is 136 cm³/mol. The average molecular weight is 564 g/mol. The number of alkyl halides is 3. The highest BCUT2D eigenvalue weighted by atomic mass is 19.4. The lowest BCUT2D eigenvalue weighted by atomic mass is 9.76. The van der Waals surface area contributed by atoms with Gasteiger partial charge < -0.3 is 25.8 Å². The molecule has 1 spiro atoms. The van der Waals surface area contributed by atoms with Gasteiger partial charge in [0.05, 0.1) is 5.56 Å². The zero-order valence-electron chi connectivity index (χ0n) is 21.1. The Morgan fingerprint density at radius 2 is 1.75 bits per heavy atom. The van der Waals surface area contributed by atoms with Crippen LogP contribution >= 0.6 is 0 Å². The maximum absolute atomic E-state index is 14.1. The minimum Gasteiger partial charge on any atom is -0.480 e. The first kappa shape index (κ1) is 27.6. The number of carboxylic acid groups (broad SMARTS) is 1. The van der Waals surface area contributed by atoms with Gasteiger partial charge in [-0.05, 0) is 42.4 Å². The molecule has 0 radical (unpaired) electrons. The minimum absolute atomic E-state index is 0.0730. The molecule has 5 rings (SSSR count). The lowest BCUT2D eigenvalue weighted by molar-refractivity contribution is -0.198. The number of nitrogen functional groups attached to an aromatic ring is 1. The summed E-state index contributed by atoms with van der Waals surface area (Å²) in [7, 11) is 0. The summed E-state index contributed by atoms with van der Waals surface area (Å²) in [6, 6.07) is 8.56. The third-order valence-electron chi connectivity index (χ3n) is 7.51. The second kappa shape index (κ2) is 10.5. The molecule has 0 saturated carbocycles. The predicted octanol–water partition coefficient (Wildman–Crippen LogP) is 4.72. The monoisotopic (exact) mass is 563 g/mol. The number of nitrogens with two attached hydrogens (primary N) is 1. The van der Waals surface area contributed by atoms with Crippen molar-refractivity contribution >= 4 is 17.7 Å². The molecule has 3 aromatic rings. The fourth-order valence-corrected chi connectivity index (χ4v) is 5.38. The molecule has 13 heteroatoms. The molecule has 4 N–H and O–H groups in total. The number of anilines is 2. The van der Waals surface area contributed by atoms with Crippen LogP contribution in [0.2, 0.25) is 0 Å². The number of benzene rings is 2. The van der Waals surface area contributed by atoms with Gasteiger partial charge in [-0.1, -0.05) is 30.3 Å². The first-order valence-corrected chi connectivity index (χ1v) is 12.6. The Bertz CT molecular complexity index is 1370. The second-order valence-electron chi connectivity index (χ2n) is 10.1. The van der Waals surface area contributed by atoms with E-state index in [1.54, 1.807) is 0 Å². The van der Waals surface area contributed by atoms with Gasteiger partial charge in [0.25, 0.3) is 0 Å². The zero-order valence-corrected chi connectivity index (χ0v) is 21.1. The number of nitrogens with zero attached hydrogens (tertiary/aromatic N) is 3. The normalized spacial score (nSPS) is 19.5. The van der Waals surface area contributed by atoms with Gasteiger partial charge in [0.2, 0.25) is 17.9 Å². The molecule has 1 aromatic heterocycles. The summed E-state index contributed by atoms with van der Waals surface area (Å²) in [4.78, 5) is 21.2. The summed E-state index contributed by atoms with van der Waals surface area (Å²) < 4.78 is 75.8. The number of halogens is 5. The highest BCUT2D eigenvalue weighted by Crippen LogP contribution is 2.41. The van der Waals surface area contributed by atoms with Crippen molar-refractivity contribution in [2.75, 3.05) is 30.3 Å². The van der Waals surface area contributed by atoms with Crippen molar-refractivity contribution in [2.45, 2.75) is 37.6 Å².